The molecule has 0 radical (unpaired) electrons. The van der Waals surface area contributed by atoms with Crippen molar-refractivity contribution in [1.82, 2.24) is 9.97 Å². The highest BCUT2D eigenvalue weighted by Crippen LogP contribution is 2.15. The zero-order chi connectivity index (χ0) is 13.1. The molecule has 96 valence electrons. The van der Waals surface area contributed by atoms with Crippen molar-refractivity contribution in [2.75, 3.05) is 5.75 Å². The van der Waals surface area contributed by atoms with Crippen molar-refractivity contribution in [3.8, 4) is 0 Å². The fourth-order valence-corrected chi connectivity index (χ4v) is 2.91. The highest BCUT2D eigenvalue weighted by atomic mass is 32.2. The van der Waals surface area contributed by atoms with Gasteiger partial charge in [-0.25, -0.2) is 4.98 Å². The van der Waals surface area contributed by atoms with E-state index in [4.69, 9.17) is 10.8 Å². The Labute approximate surface area is 110 Å². The third kappa shape index (κ3) is 2.89. The maximum Gasteiger partial charge on any atom is 0.321 e. The van der Waals surface area contributed by atoms with E-state index in [-0.39, 0.29) is 11.3 Å². The number of thiophene rings is 1. The summed E-state index contributed by atoms with van der Waals surface area (Å²) in [5, 5.41) is 10.4. The maximum atomic E-state index is 11.7. The lowest BCUT2D eigenvalue weighted by Gasteiger charge is -2.05. The van der Waals surface area contributed by atoms with E-state index in [0.717, 1.165) is 0 Å². The van der Waals surface area contributed by atoms with Crippen LogP contribution < -0.4 is 11.3 Å². The zero-order valence-electron chi connectivity index (χ0n) is 9.25. The molecule has 8 heteroatoms. The molecule has 18 heavy (non-hydrogen) atoms. The summed E-state index contributed by atoms with van der Waals surface area (Å²) in [6.07, 6.45) is 0. The molecule has 2 rings (SSSR count). The van der Waals surface area contributed by atoms with Crippen LogP contribution in [0.15, 0.2) is 16.2 Å². The molecule has 2 heterocycles. The summed E-state index contributed by atoms with van der Waals surface area (Å²) in [6, 6.07) is 0.887. The summed E-state index contributed by atoms with van der Waals surface area (Å²) in [5.74, 6) is 0.216. The molecule has 0 aromatic carbocycles. The van der Waals surface area contributed by atoms with E-state index in [1.165, 1.54) is 23.1 Å². The molecular formula is C10H11N3O3S2. The topological polar surface area (TPSA) is 109 Å². The van der Waals surface area contributed by atoms with Gasteiger partial charge in [-0.15, -0.1) is 11.3 Å². The predicted molar refractivity (Wildman–Crippen MR) is 72.0 cm³/mol. The lowest BCUT2D eigenvalue weighted by Crippen LogP contribution is -2.32. The lowest BCUT2D eigenvalue weighted by atomic mass is 10.4. The predicted octanol–water partition coefficient (Wildman–Crippen LogP) is 0.630. The SMILES string of the molecule is N[C@H](CSCc1nc2ccsc2c(=O)[nH]1)C(=O)O. The van der Waals surface area contributed by atoms with Crippen molar-refractivity contribution in [2.45, 2.75) is 11.8 Å². The summed E-state index contributed by atoms with van der Waals surface area (Å²) in [6.45, 7) is 0. The summed E-state index contributed by atoms with van der Waals surface area (Å²) < 4.78 is 0.603. The molecule has 4 N–H and O–H groups in total. The second-order valence-electron chi connectivity index (χ2n) is 3.61. The molecule has 0 fully saturated rings. The minimum atomic E-state index is -1.03. The standard InChI is InChI=1S/C10H11N3O3S2/c11-5(10(15)16)3-17-4-7-12-6-1-2-18-8(6)9(14)13-7/h1-2,5H,3-4,11H2,(H,15,16)(H,12,13,14)/t5-/m1/s1. The molecular weight excluding hydrogens is 274 g/mol. The summed E-state index contributed by atoms with van der Waals surface area (Å²) in [7, 11) is 0. The maximum absolute atomic E-state index is 11.7. The first-order valence-corrected chi connectivity index (χ1v) is 7.14. The largest absolute Gasteiger partial charge is 0.480 e. The minimum absolute atomic E-state index is 0.159. The van der Waals surface area contributed by atoms with Crippen molar-refractivity contribution < 1.29 is 9.90 Å². The Kier molecular flexibility index (Phi) is 4.00. The van der Waals surface area contributed by atoms with Gasteiger partial charge in [-0.2, -0.15) is 11.8 Å². The molecule has 0 bridgehead atoms. The third-order valence-corrected chi connectivity index (χ3v) is 4.19. The first-order valence-electron chi connectivity index (χ1n) is 5.10. The summed E-state index contributed by atoms with van der Waals surface area (Å²) >= 11 is 2.67. The van der Waals surface area contributed by atoms with E-state index >= 15 is 0 Å². The molecule has 0 saturated heterocycles. The highest BCUT2D eigenvalue weighted by Gasteiger charge is 2.11. The number of nitrogens with zero attached hydrogens (tertiary/aromatic N) is 1. The van der Waals surface area contributed by atoms with Crippen molar-refractivity contribution >= 4 is 39.3 Å². The number of nitrogens with two attached hydrogens (primary N) is 1. The van der Waals surface area contributed by atoms with Crippen LogP contribution in [0.1, 0.15) is 5.82 Å². The Hall–Kier alpha value is -1.38. The first kappa shape index (κ1) is 13.1. The summed E-state index contributed by atoms with van der Waals surface area (Å²) in [4.78, 5) is 29.1. The number of aliphatic carboxylic acids is 1. The number of aromatic nitrogens is 2. The van der Waals surface area contributed by atoms with Crippen LogP contribution in [0.3, 0.4) is 0 Å². The van der Waals surface area contributed by atoms with Gasteiger partial charge in [-0.05, 0) is 11.4 Å². The number of hydrogen-bond donors (Lipinski definition) is 3. The van der Waals surface area contributed by atoms with Crippen molar-refractivity contribution in [2.24, 2.45) is 5.73 Å². The molecule has 0 unspecified atom stereocenters. The number of fused-ring (bicyclic) bond motifs is 1. The van der Waals surface area contributed by atoms with Gasteiger partial charge in [0.1, 0.15) is 16.6 Å². The van der Waals surface area contributed by atoms with Crippen LogP contribution in [-0.2, 0) is 10.5 Å². The molecule has 0 saturated carbocycles. The monoisotopic (exact) mass is 285 g/mol. The fraction of sp³-hybridized carbons (Fsp3) is 0.300. The number of H-pyrrole nitrogens is 1. The van der Waals surface area contributed by atoms with E-state index in [1.807, 2.05) is 5.38 Å². The van der Waals surface area contributed by atoms with Gasteiger partial charge in [0.15, 0.2) is 0 Å². The third-order valence-electron chi connectivity index (χ3n) is 2.22. The van der Waals surface area contributed by atoms with Gasteiger partial charge in [0, 0.05) is 5.75 Å². The first-order chi connectivity index (χ1) is 8.58. The number of hydrogen-bond acceptors (Lipinski definition) is 6. The van der Waals surface area contributed by atoms with E-state index in [0.29, 0.717) is 21.8 Å². The van der Waals surface area contributed by atoms with Gasteiger partial charge in [0.05, 0.1) is 11.3 Å². The van der Waals surface area contributed by atoms with E-state index < -0.39 is 12.0 Å². The minimum Gasteiger partial charge on any atom is -0.480 e. The molecule has 0 spiro atoms. The van der Waals surface area contributed by atoms with Crippen LogP contribution in [0.4, 0.5) is 0 Å². The lowest BCUT2D eigenvalue weighted by molar-refractivity contribution is -0.137. The normalized spacial score (nSPS) is 12.7. The van der Waals surface area contributed by atoms with Gasteiger partial charge >= 0.3 is 5.97 Å². The molecule has 1 atom stereocenters. The molecule has 0 aliphatic rings. The zero-order valence-corrected chi connectivity index (χ0v) is 10.9. The summed E-state index contributed by atoms with van der Waals surface area (Å²) in [5.41, 5.74) is 5.88. The van der Waals surface area contributed by atoms with Gasteiger partial charge in [0.25, 0.3) is 5.56 Å². The number of thioether (sulfide) groups is 1. The molecule has 0 aliphatic carbocycles. The number of nitrogens with one attached hydrogen (secondary N) is 1. The molecule has 0 amide bonds. The van der Waals surface area contributed by atoms with Crippen molar-refractivity contribution in [3.63, 3.8) is 0 Å². The van der Waals surface area contributed by atoms with E-state index in [9.17, 15) is 9.59 Å². The van der Waals surface area contributed by atoms with Crippen LogP contribution in [0, 0.1) is 0 Å². The van der Waals surface area contributed by atoms with Crippen LogP contribution >= 0.6 is 23.1 Å². The average molecular weight is 285 g/mol. The molecule has 6 nitrogen and oxygen atoms in total. The Bertz CT molecular complexity index is 622. The Morgan fingerprint density at radius 3 is 3.17 bits per heavy atom. The van der Waals surface area contributed by atoms with Gasteiger partial charge < -0.3 is 15.8 Å². The Morgan fingerprint density at radius 2 is 2.44 bits per heavy atom. The molecule has 2 aromatic heterocycles. The number of carboxylic acid groups (broad SMARTS) is 1. The van der Waals surface area contributed by atoms with E-state index in [2.05, 4.69) is 9.97 Å². The van der Waals surface area contributed by atoms with Crippen LogP contribution in [0.25, 0.3) is 10.2 Å². The number of rotatable bonds is 5. The van der Waals surface area contributed by atoms with Crippen LogP contribution in [-0.4, -0.2) is 32.8 Å². The Morgan fingerprint density at radius 1 is 1.67 bits per heavy atom. The van der Waals surface area contributed by atoms with Crippen LogP contribution in [0.5, 0.6) is 0 Å². The van der Waals surface area contributed by atoms with Gasteiger partial charge in [-0.1, -0.05) is 0 Å². The molecule has 2 aromatic rings. The Balaban J connectivity index is 2.04. The number of aromatic amines is 1. The highest BCUT2D eigenvalue weighted by molar-refractivity contribution is 7.98. The van der Waals surface area contributed by atoms with Gasteiger partial charge in [0.2, 0.25) is 0 Å². The number of carboxylic acids is 1. The smallest absolute Gasteiger partial charge is 0.321 e. The number of carbonyl (C=O) groups is 1. The van der Waals surface area contributed by atoms with E-state index in [1.54, 1.807) is 6.07 Å². The van der Waals surface area contributed by atoms with Gasteiger partial charge in [-0.3, -0.25) is 9.59 Å². The van der Waals surface area contributed by atoms with Crippen molar-refractivity contribution in [3.05, 3.63) is 27.6 Å². The molecule has 0 aliphatic heterocycles. The van der Waals surface area contributed by atoms with Crippen molar-refractivity contribution in [1.29, 1.82) is 0 Å². The fourth-order valence-electron chi connectivity index (χ4n) is 1.34. The average Bonchev–Trinajstić information content (AvgIpc) is 2.77. The quantitative estimate of drug-likeness (QED) is 0.743. The van der Waals surface area contributed by atoms with Crippen LogP contribution in [0.2, 0.25) is 0 Å². The second-order valence-corrected chi connectivity index (χ2v) is 5.55. The second kappa shape index (κ2) is 5.51.